The second kappa shape index (κ2) is 6.37. The third-order valence-electron chi connectivity index (χ3n) is 3.11. The lowest BCUT2D eigenvalue weighted by atomic mass is 10.2. The Bertz CT molecular complexity index is 682. The van der Waals surface area contributed by atoms with E-state index in [1.165, 1.54) is 0 Å². The molecule has 0 aliphatic heterocycles. The monoisotopic (exact) mass is 326 g/mol. The van der Waals surface area contributed by atoms with Crippen molar-refractivity contribution in [2.24, 2.45) is 12.8 Å². The van der Waals surface area contributed by atoms with Crippen LogP contribution < -0.4 is 10.5 Å². The van der Waals surface area contributed by atoms with E-state index in [-0.39, 0.29) is 12.4 Å². The number of hydrogen-bond donors (Lipinski definition) is 2. The summed E-state index contributed by atoms with van der Waals surface area (Å²) in [5.41, 5.74) is 7.60. The molecule has 5 nitrogen and oxygen atoms in total. The fraction of sp³-hybridized carbons (Fsp3) is 0.286. The number of nitrogen functional groups attached to an aromatic ring is 1. The Kier molecular flexibility index (Phi) is 4.75. The molecule has 0 saturated carbocycles. The highest BCUT2D eigenvalue weighted by Crippen LogP contribution is 2.28. The molecule has 0 radical (unpaired) electrons. The quantitative estimate of drug-likeness (QED) is 0.654. The molecular weight excluding hydrogens is 311 g/mol. The molecular formula is C14H16Cl2N4O. The Balaban J connectivity index is 2.17. The van der Waals surface area contributed by atoms with Gasteiger partial charge in [0.15, 0.2) is 0 Å². The van der Waals surface area contributed by atoms with Crippen LogP contribution in [0.1, 0.15) is 23.9 Å². The molecule has 3 N–H and O–H groups in total. The van der Waals surface area contributed by atoms with Crippen molar-refractivity contribution in [3.05, 3.63) is 45.2 Å². The minimum Gasteiger partial charge on any atom is -0.486 e. The van der Waals surface area contributed by atoms with Crippen LogP contribution in [-0.2, 0) is 20.1 Å². The Hall–Kier alpha value is -1.72. The Morgan fingerprint density at radius 1 is 1.43 bits per heavy atom. The van der Waals surface area contributed by atoms with Crippen molar-refractivity contribution in [2.75, 3.05) is 0 Å². The molecule has 1 aromatic heterocycles. The second-order valence-electron chi connectivity index (χ2n) is 4.53. The zero-order valence-electron chi connectivity index (χ0n) is 11.8. The zero-order valence-corrected chi connectivity index (χ0v) is 13.3. The lowest BCUT2D eigenvalue weighted by molar-refractivity contribution is 0.295. The minimum atomic E-state index is -0.0364. The van der Waals surface area contributed by atoms with Crippen molar-refractivity contribution in [3.8, 4) is 5.75 Å². The van der Waals surface area contributed by atoms with Crippen LogP contribution in [0, 0.1) is 5.41 Å². The van der Waals surface area contributed by atoms with Crippen LogP contribution in [0.4, 0.5) is 0 Å². The first-order chi connectivity index (χ1) is 9.93. The maximum absolute atomic E-state index is 7.37. The van der Waals surface area contributed by atoms with Gasteiger partial charge in [-0.15, -0.1) is 0 Å². The molecule has 0 spiro atoms. The average Bonchev–Trinajstić information content (AvgIpc) is 2.72. The average molecular weight is 327 g/mol. The van der Waals surface area contributed by atoms with Gasteiger partial charge in [0.25, 0.3) is 0 Å². The number of hydrogen-bond acceptors (Lipinski definition) is 3. The number of nitrogens with zero attached hydrogens (tertiary/aromatic N) is 2. The first-order valence-electron chi connectivity index (χ1n) is 6.41. The molecule has 7 heteroatoms. The van der Waals surface area contributed by atoms with E-state index in [0.29, 0.717) is 21.4 Å². The highest BCUT2D eigenvalue weighted by Gasteiger charge is 2.14. The van der Waals surface area contributed by atoms with E-state index >= 15 is 0 Å². The van der Waals surface area contributed by atoms with E-state index in [0.717, 1.165) is 17.8 Å². The van der Waals surface area contributed by atoms with Crippen LogP contribution in [0.25, 0.3) is 0 Å². The summed E-state index contributed by atoms with van der Waals surface area (Å²) < 4.78 is 7.40. The van der Waals surface area contributed by atoms with Gasteiger partial charge in [0.2, 0.25) is 0 Å². The number of nitrogens with one attached hydrogen (secondary N) is 1. The summed E-state index contributed by atoms with van der Waals surface area (Å²) in [5.74, 6) is 0.475. The number of rotatable bonds is 5. The summed E-state index contributed by atoms with van der Waals surface area (Å²) >= 11 is 12.4. The largest absolute Gasteiger partial charge is 0.486 e. The predicted octanol–water partition coefficient (Wildman–Crippen LogP) is 3.15. The Labute approximate surface area is 133 Å². The number of benzene rings is 1. The van der Waals surface area contributed by atoms with E-state index in [2.05, 4.69) is 5.10 Å². The molecule has 112 valence electrons. The molecule has 0 amide bonds. The van der Waals surface area contributed by atoms with Crippen LogP contribution in [0.3, 0.4) is 0 Å². The Morgan fingerprint density at radius 3 is 2.67 bits per heavy atom. The molecule has 21 heavy (non-hydrogen) atoms. The van der Waals surface area contributed by atoms with Gasteiger partial charge < -0.3 is 10.5 Å². The van der Waals surface area contributed by atoms with Crippen LogP contribution in [-0.4, -0.2) is 15.6 Å². The first-order valence-corrected chi connectivity index (χ1v) is 7.16. The van der Waals surface area contributed by atoms with E-state index in [9.17, 15) is 0 Å². The highest BCUT2D eigenvalue weighted by atomic mass is 35.5. The second-order valence-corrected chi connectivity index (χ2v) is 5.32. The molecule has 0 bridgehead atoms. The lowest BCUT2D eigenvalue weighted by Gasteiger charge is -2.09. The SMILES string of the molecule is CCc1nn(C)c(COc2ccc(C(=N)N)cc2Cl)c1Cl. The van der Waals surface area contributed by atoms with Gasteiger partial charge in [-0.2, -0.15) is 5.10 Å². The molecule has 0 unspecified atom stereocenters. The van der Waals surface area contributed by atoms with Gasteiger partial charge >= 0.3 is 0 Å². The highest BCUT2D eigenvalue weighted by molar-refractivity contribution is 6.32. The lowest BCUT2D eigenvalue weighted by Crippen LogP contribution is -2.11. The minimum absolute atomic E-state index is 0.0364. The van der Waals surface area contributed by atoms with Crippen LogP contribution in [0.2, 0.25) is 10.0 Å². The van der Waals surface area contributed by atoms with Crippen LogP contribution >= 0.6 is 23.2 Å². The van der Waals surface area contributed by atoms with Gasteiger partial charge in [-0.25, -0.2) is 0 Å². The molecule has 2 rings (SSSR count). The molecule has 1 heterocycles. The molecule has 2 aromatic rings. The van der Waals surface area contributed by atoms with Gasteiger partial charge in [0.05, 0.1) is 21.4 Å². The summed E-state index contributed by atoms with van der Waals surface area (Å²) in [6, 6.07) is 4.97. The number of nitrogens with two attached hydrogens (primary N) is 1. The smallest absolute Gasteiger partial charge is 0.138 e. The predicted molar refractivity (Wildman–Crippen MR) is 84.4 cm³/mol. The summed E-state index contributed by atoms with van der Waals surface area (Å²) in [6.07, 6.45) is 0.765. The zero-order chi connectivity index (χ0) is 15.6. The number of halogens is 2. The van der Waals surface area contributed by atoms with Crippen molar-refractivity contribution < 1.29 is 4.74 Å². The third kappa shape index (κ3) is 3.31. The molecule has 1 aromatic carbocycles. The normalized spacial score (nSPS) is 10.7. The topological polar surface area (TPSA) is 76.9 Å². The van der Waals surface area contributed by atoms with Crippen LogP contribution in [0.5, 0.6) is 5.75 Å². The number of aromatic nitrogens is 2. The van der Waals surface area contributed by atoms with Crippen molar-refractivity contribution in [3.63, 3.8) is 0 Å². The maximum atomic E-state index is 7.37. The summed E-state index contributed by atoms with van der Waals surface area (Å²) in [7, 11) is 1.82. The fourth-order valence-corrected chi connectivity index (χ4v) is 2.49. The fourth-order valence-electron chi connectivity index (χ4n) is 1.91. The van der Waals surface area contributed by atoms with Crippen LogP contribution in [0.15, 0.2) is 18.2 Å². The van der Waals surface area contributed by atoms with Crippen molar-refractivity contribution in [2.45, 2.75) is 20.0 Å². The number of amidine groups is 1. The molecule has 0 aliphatic carbocycles. The summed E-state index contributed by atoms with van der Waals surface area (Å²) in [4.78, 5) is 0. The van der Waals surface area contributed by atoms with Gasteiger partial charge in [-0.05, 0) is 24.6 Å². The summed E-state index contributed by atoms with van der Waals surface area (Å²) in [6.45, 7) is 2.26. The molecule has 0 saturated heterocycles. The van der Waals surface area contributed by atoms with Crippen molar-refractivity contribution in [1.82, 2.24) is 9.78 Å². The van der Waals surface area contributed by atoms with Crippen molar-refractivity contribution >= 4 is 29.0 Å². The summed E-state index contributed by atoms with van der Waals surface area (Å²) in [5, 5.41) is 12.7. The van der Waals surface area contributed by atoms with Gasteiger partial charge in [-0.1, -0.05) is 30.1 Å². The van der Waals surface area contributed by atoms with Gasteiger partial charge in [-0.3, -0.25) is 10.1 Å². The molecule has 0 atom stereocenters. The van der Waals surface area contributed by atoms with Crippen molar-refractivity contribution in [1.29, 1.82) is 5.41 Å². The molecule has 0 aliphatic rings. The van der Waals surface area contributed by atoms with E-state index in [4.69, 9.17) is 39.1 Å². The third-order valence-corrected chi connectivity index (χ3v) is 3.84. The standard InChI is InChI=1S/C14H16Cl2N4O/c1-3-10-13(16)11(20(2)19-10)7-21-12-5-4-8(14(17)18)6-9(12)15/h4-6H,3,7H2,1-2H3,(H3,17,18). The van der Waals surface area contributed by atoms with E-state index in [1.54, 1.807) is 22.9 Å². The Morgan fingerprint density at radius 2 is 2.14 bits per heavy atom. The maximum Gasteiger partial charge on any atom is 0.138 e. The first kappa shape index (κ1) is 15.7. The van der Waals surface area contributed by atoms with Gasteiger partial charge in [0, 0.05) is 12.6 Å². The number of aryl methyl sites for hydroxylation is 2. The van der Waals surface area contributed by atoms with E-state index in [1.807, 2.05) is 14.0 Å². The number of ether oxygens (including phenoxy) is 1. The van der Waals surface area contributed by atoms with E-state index < -0.39 is 0 Å². The molecule has 0 fully saturated rings. The van der Waals surface area contributed by atoms with Gasteiger partial charge in [0.1, 0.15) is 18.2 Å².